The van der Waals surface area contributed by atoms with Crippen molar-refractivity contribution in [1.29, 1.82) is 0 Å². The lowest BCUT2D eigenvalue weighted by Gasteiger charge is -2.12. The van der Waals surface area contributed by atoms with Crippen molar-refractivity contribution in [2.75, 3.05) is 26.7 Å². The number of thiazole rings is 1. The van der Waals surface area contributed by atoms with Crippen molar-refractivity contribution < 1.29 is 4.79 Å². The normalized spacial score (nSPS) is 11.2. The number of guanidine groups is 1. The lowest BCUT2D eigenvalue weighted by atomic mass is 10.1. The van der Waals surface area contributed by atoms with Gasteiger partial charge < -0.3 is 16.0 Å². The highest BCUT2D eigenvalue weighted by Gasteiger charge is 2.10. The Morgan fingerprint density at radius 3 is 2.50 bits per heavy atom. The predicted molar refractivity (Wildman–Crippen MR) is 98.7 cm³/mol. The molecule has 0 aliphatic carbocycles. The van der Waals surface area contributed by atoms with Gasteiger partial charge in [0.15, 0.2) is 5.96 Å². The second-order valence-electron chi connectivity index (χ2n) is 5.18. The molecule has 2 aromatic rings. The molecule has 0 fully saturated rings. The van der Waals surface area contributed by atoms with Gasteiger partial charge in [-0.2, -0.15) is 0 Å². The van der Waals surface area contributed by atoms with Crippen molar-refractivity contribution in [1.82, 2.24) is 20.9 Å². The molecule has 0 bridgehead atoms. The number of aryl methyl sites for hydroxylation is 1. The third kappa shape index (κ3) is 5.66. The van der Waals surface area contributed by atoms with E-state index >= 15 is 0 Å². The minimum atomic E-state index is -0.0798. The van der Waals surface area contributed by atoms with Crippen LogP contribution in [0.2, 0.25) is 0 Å². The summed E-state index contributed by atoms with van der Waals surface area (Å²) >= 11 is 1.36. The fourth-order valence-corrected chi connectivity index (χ4v) is 2.87. The molecule has 128 valence electrons. The summed E-state index contributed by atoms with van der Waals surface area (Å²) in [7, 11) is 1.73. The summed E-state index contributed by atoms with van der Waals surface area (Å²) in [6.07, 6.45) is 0.933. The van der Waals surface area contributed by atoms with Crippen molar-refractivity contribution >= 4 is 23.2 Å². The minimum absolute atomic E-state index is 0.0798. The fourth-order valence-electron chi connectivity index (χ4n) is 2.15. The molecule has 0 saturated carbocycles. The van der Waals surface area contributed by atoms with Gasteiger partial charge in [0.25, 0.3) is 5.91 Å². The molecule has 1 heterocycles. The van der Waals surface area contributed by atoms with Gasteiger partial charge in [0, 0.05) is 26.7 Å². The first kappa shape index (κ1) is 17.9. The number of benzene rings is 1. The second-order valence-corrected chi connectivity index (χ2v) is 6.04. The Hall–Kier alpha value is -2.41. The van der Waals surface area contributed by atoms with Gasteiger partial charge in [-0.05, 0) is 18.9 Å². The second kappa shape index (κ2) is 9.67. The van der Waals surface area contributed by atoms with Gasteiger partial charge in [-0.25, -0.2) is 4.98 Å². The van der Waals surface area contributed by atoms with Crippen LogP contribution in [0.15, 0.2) is 40.8 Å². The largest absolute Gasteiger partial charge is 0.356 e. The topological polar surface area (TPSA) is 78.4 Å². The maximum atomic E-state index is 12.0. The van der Waals surface area contributed by atoms with Gasteiger partial charge >= 0.3 is 0 Å². The lowest BCUT2D eigenvalue weighted by Crippen LogP contribution is -2.42. The number of carbonyl (C=O) groups is 1. The highest BCUT2D eigenvalue weighted by atomic mass is 32.1. The molecule has 0 aliphatic rings. The van der Waals surface area contributed by atoms with E-state index < -0.39 is 0 Å². The molecule has 6 nitrogen and oxygen atoms in total. The van der Waals surface area contributed by atoms with Crippen LogP contribution in [0.3, 0.4) is 0 Å². The Bertz CT molecular complexity index is 669. The summed E-state index contributed by atoms with van der Waals surface area (Å²) in [5.41, 5.74) is 3.73. The molecule has 0 aliphatic heterocycles. The van der Waals surface area contributed by atoms with Crippen molar-refractivity contribution in [3.8, 4) is 0 Å². The Kier molecular flexibility index (Phi) is 7.22. The maximum absolute atomic E-state index is 12.0. The van der Waals surface area contributed by atoms with Crippen LogP contribution in [0, 0.1) is 6.92 Å². The van der Waals surface area contributed by atoms with Crippen molar-refractivity contribution in [3.63, 3.8) is 0 Å². The average Bonchev–Trinajstić information content (AvgIpc) is 3.04. The standard InChI is InChI=1S/C17H23N5OS/c1-13-15(24-12-22-13)16(23)19-10-11-21-17(18-2)20-9-8-14-6-4-3-5-7-14/h3-7,12H,8-11H2,1-2H3,(H,19,23)(H2,18,20,21). The molecule has 1 aromatic heterocycles. The van der Waals surface area contributed by atoms with Crippen LogP contribution >= 0.6 is 11.3 Å². The monoisotopic (exact) mass is 345 g/mol. The van der Waals surface area contributed by atoms with E-state index in [0.717, 1.165) is 24.6 Å². The zero-order valence-corrected chi connectivity index (χ0v) is 14.8. The third-order valence-electron chi connectivity index (χ3n) is 3.43. The number of carbonyl (C=O) groups excluding carboxylic acids is 1. The van der Waals surface area contributed by atoms with E-state index in [9.17, 15) is 4.79 Å². The number of nitrogens with zero attached hydrogens (tertiary/aromatic N) is 2. The lowest BCUT2D eigenvalue weighted by molar-refractivity contribution is 0.0957. The van der Waals surface area contributed by atoms with Gasteiger partial charge in [0.2, 0.25) is 0 Å². The molecule has 2 rings (SSSR count). The molecular weight excluding hydrogens is 322 g/mol. The predicted octanol–water partition coefficient (Wildman–Crippen LogP) is 1.59. The Morgan fingerprint density at radius 1 is 1.12 bits per heavy atom. The van der Waals surface area contributed by atoms with E-state index in [2.05, 4.69) is 38.1 Å². The molecule has 0 unspecified atom stereocenters. The number of aromatic nitrogens is 1. The third-order valence-corrected chi connectivity index (χ3v) is 4.35. The summed E-state index contributed by atoms with van der Waals surface area (Å²) < 4.78 is 0. The zero-order chi connectivity index (χ0) is 17.2. The first-order valence-electron chi connectivity index (χ1n) is 7.87. The van der Waals surface area contributed by atoms with E-state index in [4.69, 9.17) is 0 Å². The van der Waals surface area contributed by atoms with Gasteiger partial charge in [-0.3, -0.25) is 9.79 Å². The van der Waals surface area contributed by atoms with E-state index in [0.29, 0.717) is 18.0 Å². The summed E-state index contributed by atoms with van der Waals surface area (Å²) in [4.78, 5) is 20.9. The van der Waals surface area contributed by atoms with Crippen molar-refractivity contribution in [3.05, 3.63) is 52.0 Å². The van der Waals surface area contributed by atoms with E-state index in [1.54, 1.807) is 12.6 Å². The number of nitrogens with one attached hydrogen (secondary N) is 3. The molecule has 1 amide bonds. The number of hydrogen-bond donors (Lipinski definition) is 3. The van der Waals surface area contributed by atoms with Gasteiger partial charge in [-0.15, -0.1) is 11.3 Å². The maximum Gasteiger partial charge on any atom is 0.263 e. The summed E-state index contributed by atoms with van der Waals surface area (Å²) in [5, 5.41) is 9.32. The fraction of sp³-hybridized carbons (Fsp3) is 0.353. The Labute approximate surface area is 146 Å². The first-order chi connectivity index (χ1) is 11.7. The highest BCUT2D eigenvalue weighted by molar-refractivity contribution is 7.11. The van der Waals surface area contributed by atoms with E-state index in [-0.39, 0.29) is 5.91 Å². The summed E-state index contributed by atoms with van der Waals surface area (Å²) in [5.74, 6) is 0.651. The van der Waals surface area contributed by atoms with Crippen LogP contribution in [-0.2, 0) is 6.42 Å². The van der Waals surface area contributed by atoms with E-state index in [1.807, 2.05) is 25.1 Å². The SMILES string of the molecule is CN=C(NCCNC(=O)c1scnc1C)NCCc1ccccc1. The van der Waals surface area contributed by atoms with Crippen LogP contribution < -0.4 is 16.0 Å². The van der Waals surface area contributed by atoms with Crippen LogP contribution in [0.4, 0.5) is 0 Å². The smallest absolute Gasteiger partial charge is 0.263 e. The molecule has 0 atom stereocenters. The van der Waals surface area contributed by atoms with Crippen molar-refractivity contribution in [2.24, 2.45) is 4.99 Å². The minimum Gasteiger partial charge on any atom is -0.356 e. The van der Waals surface area contributed by atoms with Crippen LogP contribution in [0.25, 0.3) is 0 Å². The molecule has 1 aromatic carbocycles. The molecule has 24 heavy (non-hydrogen) atoms. The summed E-state index contributed by atoms with van der Waals surface area (Å²) in [6.45, 7) is 3.77. The van der Waals surface area contributed by atoms with Crippen LogP contribution in [-0.4, -0.2) is 43.5 Å². The molecule has 0 radical (unpaired) electrons. The number of rotatable bonds is 7. The summed E-state index contributed by atoms with van der Waals surface area (Å²) in [6, 6.07) is 10.3. The number of amides is 1. The average molecular weight is 345 g/mol. The van der Waals surface area contributed by atoms with Gasteiger partial charge in [-0.1, -0.05) is 30.3 Å². The number of hydrogen-bond acceptors (Lipinski definition) is 4. The van der Waals surface area contributed by atoms with E-state index in [1.165, 1.54) is 16.9 Å². The van der Waals surface area contributed by atoms with Crippen LogP contribution in [0.1, 0.15) is 20.9 Å². The molecule has 3 N–H and O–H groups in total. The first-order valence-corrected chi connectivity index (χ1v) is 8.75. The number of aliphatic imine (C=N–C) groups is 1. The molecular formula is C17H23N5OS. The quantitative estimate of drug-likeness (QED) is 0.404. The molecule has 7 heteroatoms. The molecule has 0 spiro atoms. The molecule has 0 saturated heterocycles. The zero-order valence-electron chi connectivity index (χ0n) is 14.0. The van der Waals surface area contributed by atoms with Crippen molar-refractivity contribution in [2.45, 2.75) is 13.3 Å². The van der Waals surface area contributed by atoms with Gasteiger partial charge in [0.05, 0.1) is 11.2 Å². The van der Waals surface area contributed by atoms with Crippen LogP contribution in [0.5, 0.6) is 0 Å². The van der Waals surface area contributed by atoms with Gasteiger partial charge in [0.1, 0.15) is 4.88 Å². The Morgan fingerprint density at radius 2 is 1.83 bits per heavy atom. The Balaban J connectivity index is 1.63. The highest BCUT2D eigenvalue weighted by Crippen LogP contribution is 2.11.